The molecule has 0 saturated carbocycles. The number of carbonyl (C=O) groups is 3. The van der Waals surface area contributed by atoms with Crippen LogP contribution in [0, 0.1) is 11.8 Å². The number of likely N-dealkylation sites (tertiary alicyclic amines) is 1. The van der Waals surface area contributed by atoms with Crippen LogP contribution in [0.25, 0.3) is 0 Å². The van der Waals surface area contributed by atoms with Crippen molar-refractivity contribution in [1.82, 2.24) is 20.4 Å². The zero-order valence-electron chi connectivity index (χ0n) is 20.7. The Morgan fingerprint density at radius 2 is 1.85 bits per heavy atom. The Morgan fingerprint density at radius 3 is 2.50 bits per heavy atom. The number of nitrogens with one attached hydrogen (secondary N) is 2. The Balaban J connectivity index is 1.59. The van der Waals surface area contributed by atoms with Crippen molar-refractivity contribution in [1.29, 1.82) is 0 Å². The number of hydrogen-bond donors (Lipinski definition) is 3. The number of fused-ring (bicyclic) bond motifs is 1. The van der Waals surface area contributed by atoms with E-state index in [1.54, 1.807) is 6.92 Å². The second-order valence-corrected chi connectivity index (χ2v) is 10.1. The topological polar surface area (TPSA) is 120 Å². The number of carbonyl (C=O) groups excluding carboxylic acids is 3. The Hall–Kier alpha value is -1.75. The minimum absolute atomic E-state index is 0.173. The van der Waals surface area contributed by atoms with Crippen LogP contribution in [-0.4, -0.2) is 108 Å². The van der Waals surface area contributed by atoms with Gasteiger partial charge < -0.3 is 30.1 Å². The highest BCUT2D eigenvalue weighted by Crippen LogP contribution is 2.64. The van der Waals surface area contributed by atoms with Gasteiger partial charge in [0.05, 0.1) is 43.3 Å². The third-order valence-electron chi connectivity index (χ3n) is 8.27. The standard InChI is InChI=1S/C24H40N4O6/c1-4-8-25-20(30)17-18-22(32)28(16(3)15-29)19(24(18)7-6-23(17,5-2)34-24)21(31)26-9-10-27-11-13-33-14-12-27/h16-19,29H,4-15H2,1-3H3,(H,25,30)(H,26,31)/t16-,17-,18+,19?,23+,24?/m1/s1. The summed E-state index contributed by atoms with van der Waals surface area (Å²) in [5.74, 6) is -2.06. The first-order valence-electron chi connectivity index (χ1n) is 12.8. The van der Waals surface area contributed by atoms with Crippen LogP contribution in [0.2, 0.25) is 0 Å². The van der Waals surface area contributed by atoms with Crippen LogP contribution >= 0.6 is 0 Å². The Kier molecular flexibility index (Phi) is 7.52. The van der Waals surface area contributed by atoms with E-state index in [9.17, 15) is 19.5 Å². The van der Waals surface area contributed by atoms with E-state index >= 15 is 0 Å². The smallest absolute Gasteiger partial charge is 0.245 e. The summed E-state index contributed by atoms with van der Waals surface area (Å²) in [7, 11) is 0. The maximum Gasteiger partial charge on any atom is 0.245 e. The fourth-order valence-corrected chi connectivity index (χ4v) is 6.53. The van der Waals surface area contributed by atoms with E-state index in [-0.39, 0.29) is 24.3 Å². The van der Waals surface area contributed by atoms with Gasteiger partial charge in [-0.05, 0) is 32.6 Å². The van der Waals surface area contributed by atoms with Crippen molar-refractivity contribution in [3.8, 4) is 0 Å². The molecule has 6 atom stereocenters. The lowest BCUT2D eigenvalue weighted by molar-refractivity contribution is -0.150. The Morgan fingerprint density at radius 1 is 1.15 bits per heavy atom. The summed E-state index contributed by atoms with van der Waals surface area (Å²) in [5.41, 5.74) is -1.78. The second-order valence-electron chi connectivity index (χ2n) is 10.1. The largest absolute Gasteiger partial charge is 0.394 e. The number of aliphatic hydroxyl groups excluding tert-OH is 1. The predicted octanol–water partition coefficient (Wildman–Crippen LogP) is -0.503. The van der Waals surface area contributed by atoms with E-state index in [0.29, 0.717) is 52.1 Å². The molecule has 3 N–H and O–H groups in total. The zero-order chi connectivity index (χ0) is 24.5. The van der Waals surface area contributed by atoms with Gasteiger partial charge in [-0.2, -0.15) is 0 Å². The Bertz CT molecular complexity index is 789. The van der Waals surface area contributed by atoms with Crippen LogP contribution < -0.4 is 10.6 Å². The molecule has 3 amide bonds. The molecule has 4 aliphatic heterocycles. The molecular weight excluding hydrogens is 440 g/mol. The maximum atomic E-state index is 13.8. The van der Waals surface area contributed by atoms with Gasteiger partial charge in [0.25, 0.3) is 0 Å². The highest BCUT2D eigenvalue weighted by molar-refractivity contribution is 5.99. The SMILES string of the molecule is CCCNC(=O)[C@H]1[C@H]2C(=O)N([C@H](C)CO)C(C(=O)NCCN3CCOCC3)C23CC[C@]1(CC)O3. The van der Waals surface area contributed by atoms with Crippen molar-refractivity contribution in [3.05, 3.63) is 0 Å². The molecule has 4 aliphatic rings. The summed E-state index contributed by atoms with van der Waals surface area (Å²) in [4.78, 5) is 44.4. The van der Waals surface area contributed by atoms with Crippen molar-refractivity contribution < 1.29 is 29.0 Å². The molecule has 1 spiro atoms. The molecule has 192 valence electrons. The quantitative estimate of drug-likeness (QED) is 0.385. The van der Waals surface area contributed by atoms with E-state index in [4.69, 9.17) is 9.47 Å². The number of hydrogen-bond acceptors (Lipinski definition) is 7. The molecule has 4 fully saturated rings. The van der Waals surface area contributed by atoms with Crippen LogP contribution in [0.15, 0.2) is 0 Å². The summed E-state index contributed by atoms with van der Waals surface area (Å²) >= 11 is 0. The normalized spacial score (nSPS) is 35.9. The van der Waals surface area contributed by atoms with Crippen LogP contribution in [0.1, 0.15) is 46.5 Å². The van der Waals surface area contributed by atoms with Crippen molar-refractivity contribution in [2.45, 2.75) is 69.7 Å². The molecule has 0 radical (unpaired) electrons. The minimum Gasteiger partial charge on any atom is -0.394 e. The molecule has 4 heterocycles. The van der Waals surface area contributed by atoms with Gasteiger partial charge in [0, 0.05) is 32.7 Å². The monoisotopic (exact) mass is 480 g/mol. The molecule has 2 unspecified atom stereocenters. The molecule has 10 heteroatoms. The summed E-state index contributed by atoms with van der Waals surface area (Å²) in [5, 5.41) is 15.9. The fraction of sp³-hybridized carbons (Fsp3) is 0.875. The van der Waals surface area contributed by atoms with Gasteiger partial charge in [-0.15, -0.1) is 0 Å². The maximum absolute atomic E-state index is 13.8. The first kappa shape index (κ1) is 25.3. The van der Waals surface area contributed by atoms with E-state index in [0.717, 1.165) is 19.5 Å². The summed E-state index contributed by atoms with van der Waals surface area (Å²) in [6, 6.07) is -1.42. The van der Waals surface area contributed by atoms with Gasteiger partial charge in [-0.3, -0.25) is 19.3 Å². The second kappa shape index (κ2) is 10.1. The molecule has 34 heavy (non-hydrogen) atoms. The minimum atomic E-state index is -1.05. The van der Waals surface area contributed by atoms with Crippen LogP contribution in [0.3, 0.4) is 0 Å². The molecule has 0 aromatic rings. The Labute approximate surface area is 201 Å². The number of aliphatic hydroxyl groups is 1. The predicted molar refractivity (Wildman–Crippen MR) is 124 cm³/mol. The van der Waals surface area contributed by atoms with Crippen molar-refractivity contribution in [3.63, 3.8) is 0 Å². The summed E-state index contributed by atoms with van der Waals surface area (Å²) < 4.78 is 12.0. The highest BCUT2D eigenvalue weighted by Gasteiger charge is 2.78. The molecule has 4 rings (SSSR count). The van der Waals surface area contributed by atoms with Gasteiger partial charge in [0.2, 0.25) is 17.7 Å². The molecule has 2 bridgehead atoms. The summed E-state index contributed by atoms with van der Waals surface area (Å²) in [6.45, 7) is 10.1. The van der Waals surface area contributed by atoms with Gasteiger partial charge in [0.1, 0.15) is 11.6 Å². The average molecular weight is 481 g/mol. The first-order valence-corrected chi connectivity index (χ1v) is 12.8. The lowest BCUT2D eigenvalue weighted by atomic mass is 9.65. The molecular formula is C24H40N4O6. The third kappa shape index (κ3) is 4.02. The average Bonchev–Trinajstić information content (AvgIpc) is 3.46. The van der Waals surface area contributed by atoms with Gasteiger partial charge >= 0.3 is 0 Å². The van der Waals surface area contributed by atoms with Gasteiger partial charge in [0.15, 0.2) is 0 Å². The molecule has 0 aromatic carbocycles. The fourth-order valence-electron chi connectivity index (χ4n) is 6.53. The number of amides is 3. The number of nitrogens with zero attached hydrogens (tertiary/aromatic N) is 2. The van der Waals surface area contributed by atoms with Crippen molar-refractivity contribution >= 4 is 17.7 Å². The van der Waals surface area contributed by atoms with Crippen molar-refractivity contribution in [2.75, 3.05) is 52.5 Å². The van der Waals surface area contributed by atoms with E-state index in [2.05, 4.69) is 15.5 Å². The van der Waals surface area contributed by atoms with E-state index < -0.39 is 35.1 Å². The number of ether oxygens (including phenoxy) is 2. The summed E-state index contributed by atoms with van der Waals surface area (Å²) in [6.07, 6.45) is 2.58. The lowest BCUT2D eigenvalue weighted by Gasteiger charge is -2.36. The third-order valence-corrected chi connectivity index (χ3v) is 8.27. The molecule has 10 nitrogen and oxygen atoms in total. The van der Waals surface area contributed by atoms with Crippen LogP contribution in [0.4, 0.5) is 0 Å². The van der Waals surface area contributed by atoms with E-state index in [1.165, 1.54) is 4.90 Å². The van der Waals surface area contributed by atoms with E-state index in [1.807, 2.05) is 13.8 Å². The number of rotatable bonds is 10. The molecule has 4 saturated heterocycles. The lowest BCUT2D eigenvalue weighted by Crippen LogP contribution is -2.58. The number of morpholine rings is 1. The van der Waals surface area contributed by atoms with Crippen molar-refractivity contribution in [2.24, 2.45) is 11.8 Å². The van der Waals surface area contributed by atoms with Gasteiger partial charge in [-0.25, -0.2) is 0 Å². The highest BCUT2D eigenvalue weighted by atomic mass is 16.5. The van der Waals surface area contributed by atoms with Gasteiger partial charge in [-0.1, -0.05) is 13.8 Å². The van der Waals surface area contributed by atoms with Crippen LogP contribution in [0.5, 0.6) is 0 Å². The zero-order valence-corrected chi connectivity index (χ0v) is 20.7. The first-order chi connectivity index (χ1) is 16.3. The molecule has 0 aromatic heterocycles. The van der Waals surface area contributed by atoms with Crippen LogP contribution in [-0.2, 0) is 23.9 Å². The molecule has 0 aliphatic carbocycles.